The van der Waals surface area contributed by atoms with Gasteiger partial charge in [0.2, 0.25) is 0 Å². The third kappa shape index (κ3) is 1.49. The van der Waals surface area contributed by atoms with E-state index in [1.165, 1.54) is 12.0 Å². The molecule has 6 nitrogen and oxygen atoms in total. The number of methoxy groups -OCH3 is 1. The van der Waals surface area contributed by atoms with Crippen molar-refractivity contribution in [2.24, 2.45) is 5.41 Å². The normalized spacial score (nSPS) is 39.6. The largest absolute Gasteiger partial charge is 0.467 e. The number of amides is 1. The first-order chi connectivity index (χ1) is 11.5. The summed E-state index contributed by atoms with van der Waals surface area (Å²) in [5.41, 5.74) is 0.673. The molecule has 2 saturated heterocycles. The summed E-state index contributed by atoms with van der Waals surface area (Å²) in [5, 5.41) is 14.4. The Morgan fingerprint density at radius 3 is 2.88 bits per heavy atom. The van der Waals surface area contributed by atoms with Crippen molar-refractivity contribution in [3.8, 4) is 0 Å². The lowest BCUT2D eigenvalue weighted by Crippen LogP contribution is -2.52. The zero-order chi connectivity index (χ0) is 16.7. The fourth-order valence-corrected chi connectivity index (χ4v) is 5.60. The second-order valence-electron chi connectivity index (χ2n) is 7.60. The standard InChI is InChI=1S/C18H20N2O4/c1-24-16(23)13(17-8-10-6-7-18(17,9-17)19-10)20-14(21)11-4-2-3-5-12(11)15(20)22/h2-5,10,13-14,19,21H,6-9H2,1H3/t10?,13-,14?,17?,18?/m1/s1. The third-order valence-electron chi connectivity index (χ3n) is 6.65. The van der Waals surface area contributed by atoms with Crippen molar-refractivity contribution in [3.63, 3.8) is 0 Å². The number of esters is 1. The highest BCUT2D eigenvalue weighted by atomic mass is 16.5. The minimum absolute atomic E-state index is 0.0642. The van der Waals surface area contributed by atoms with E-state index in [2.05, 4.69) is 5.32 Å². The van der Waals surface area contributed by atoms with Crippen LogP contribution in [0.15, 0.2) is 24.3 Å². The fraction of sp³-hybridized carbons (Fsp3) is 0.556. The smallest absolute Gasteiger partial charge is 0.329 e. The monoisotopic (exact) mass is 328 g/mol. The van der Waals surface area contributed by atoms with Gasteiger partial charge in [-0.1, -0.05) is 18.2 Å². The van der Waals surface area contributed by atoms with E-state index < -0.39 is 18.2 Å². The number of hydrogen-bond donors (Lipinski definition) is 2. The van der Waals surface area contributed by atoms with Gasteiger partial charge in [-0.05, 0) is 31.7 Å². The van der Waals surface area contributed by atoms with Gasteiger partial charge in [-0.25, -0.2) is 4.79 Å². The molecule has 0 aromatic heterocycles. The van der Waals surface area contributed by atoms with Crippen molar-refractivity contribution >= 4 is 11.9 Å². The lowest BCUT2D eigenvalue weighted by molar-refractivity contribution is -0.153. The second-order valence-corrected chi connectivity index (χ2v) is 7.60. The predicted octanol–water partition coefficient (Wildman–Crippen LogP) is 0.959. The highest BCUT2D eigenvalue weighted by Gasteiger charge is 2.80. The zero-order valence-electron chi connectivity index (χ0n) is 13.5. The molecule has 3 fully saturated rings. The Morgan fingerprint density at radius 1 is 1.46 bits per heavy atom. The van der Waals surface area contributed by atoms with Gasteiger partial charge in [0, 0.05) is 28.1 Å². The van der Waals surface area contributed by atoms with Crippen LogP contribution < -0.4 is 5.32 Å². The minimum atomic E-state index is -1.09. The van der Waals surface area contributed by atoms with Crippen LogP contribution >= 0.6 is 0 Å². The van der Waals surface area contributed by atoms with E-state index in [1.807, 2.05) is 0 Å². The Bertz CT molecular complexity index is 765. The molecular weight excluding hydrogens is 308 g/mol. The van der Waals surface area contributed by atoms with E-state index >= 15 is 0 Å². The molecule has 126 valence electrons. The van der Waals surface area contributed by atoms with Crippen molar-refractivity contribution in [3.05, 3.63) is 35.4 Å². The Balaban J connectivity index is 1.58. The number of aliphatic hydroxyl groups is 1. The number of nitrogens with one attached hydrogen (secondary N) is 1. The number of carbonyl (C=O) groups is 2. The molecule has 2 N–H and O–H groups in total. The summed E-state index contributed by atoms with van der Waals surface area (Å²) >= 11 is 0. The first-order valence-corrected chi connectivity index (χ1v) is 8.48. The summed E-state index contributed by atoms with van der Waals surface area (Å²) in [6.45, 7) is 0. The molecule has 1 amide bonds. The van der Waals surface area contributed by atoms with Crippen LogP contribution in [0.4, 0.5) is 0 Å². The molecule has 0 radical (unpaired) electrons. The van der Waals surface area contributed by atoms with E-state index in [1.54, 1.807) is 24.3 Å². The lowest BCUT2D eigenvalue weighted by Gasteiger charge is -2.36. The maximum Gasteiger partial charge on any atom is 0.329 e. The van der Waals surface area contributed by atoms with Gasteiger partial charge in [-0.15, -0.1) is 0 Å². The Kier molecular flexibility index (Phi) is 2.63. The molecule has 1 spiro atoms. The van der Waals surface area contributed by atoms with Crippen molar-refractivity contribution in [1.29, 1.82) is 0 Å². The second kappa shape index (κ2) is 4.37. The van der Waals surface area contributed by atoms with Gasteiger partial charge >= 0.3 is 5.97 Å². The molecule has 4 aliphatic rings. The molecule has 3 heterocycles. The molecule has 5 atom stereocenters. The van der Waals surface area contributed by atoms with E-state index in [0.29, 0.717) is 17.2 Å². The number of benzene rings is 1. The molecule has 6 heteroatoms. The van der Waals surface area contributed by atoms with Crippen LogP contribution in [0.5, 0.6) is 0 Å². The highest BCUT2D eigenvalue weighted by molar-refractivity contribution is 6.01. The Morgan fingerprint density at radius 2 is 2.25 bits per heavy atom. The molecule has 1 aromatic carbocycles. The van der Waals surface area contributed by atoms with Crippen molar-refractivity contribution in [2.45, 2.75) is 49.5 Å². The average molecular weight is 328 g/mol. The molecule has 1 saturated carbocycles. The number of piperidine rings is 1. The molecule has 24 heavy (non-hydrogen) atoms. The Hall–Kier alpha value is -1.92. The van der Waals surface area contributed by atoms with E-state index in [4.69, 9.17) is 4.74 Å². The van der Waals surface area contributed by atoms with Crippen LogP contribution in [0.2, 0.25) is 0 Å². The van der Waals surface area contributed by atoms with Crippen LogP contribution in [0.25, 0.3) is 0 Å². The maximum absolute atomic E-state index is 12.9. The van der Waals surface area contributed by atoms with Crippen LogP contribution in [0.1, 0.15) is 47.8 Å². The van der Waals surface area contributed by atoms with Crippen LogP contribution in [-0.4, -0.2) is 46.6 Å². The number of carbonyl (C=O) groups excluding carboxylic acids is 2. The number of aliphatic hydroxyl groups excluding tert-OH is 1. The number of rotatable bonds is 3. The number of ether oxygens (including phenoxy) is 1. The predicted molar refractivity (Wildman–Crippen MR) is 83.9 cm³/mol. The first-order valence-electron chi connectivity index (χ1n) is 8.48. The van der Waals surface area contributed by atoms with E-state index in [9.17, 15) is 14.7 Å². The molecule has 1 aromatic rings. The molecular formula is C18H20N2O4. The molecule has 2 bridgehead atoms. The zero-order valence-corrected chi connectivity index (χ0v) is 13.5. The molecule has 1 aliphatic carbocycles. The molecule has 3 aliphatic heterocycles. The van der Waals surface area contributed by atoms with Crippen LogP contribution in [-0.2, 0) is 9.53 Å². The van der Waals surface area contributed by atoms with Gasteiger partial charge in [0.25, 0.3) is 5.91 Å². The average Bonchev–Trinajstić information content (AvgIpc) is 2.79. The van der Waals surface area contributed by atoms with Crippen molar-refractivity contribution < 1.29 is 19.4 Å². The Labute approximate surface area is 139 Å². The van der Waals surface area contributed by atoms with E-state index in [0.717, 1.165) is 25.7 Å². The lowest BCUT2D eigenvalue weighted by atomic mass is 9.81. The first kappa shape index (κ1) is 14.4. The number of fused-ring (bicyclic) bond motifs is 2. The number of nitrogens with zero attached hydrogens (tertiary/aromatic N) is 1. The maximum atomic E-state index is 12.9. The quantitative estimate of drug-likeness (QED) is 0.808. The highest BCUT2D eigenvalue weighted by Crippen LogP contribution is 2.72. The van der Waals surface area contributed by atoms with Gasteiger partial charge in [0.15, 0.2) is 6.23 Å². The fourth-order valence-electron chi connectivity index (χ4n) is 5.60. The summed E-state index contributed by atoms with van der Waals surface area (Å²) in [4.78, 5) is 27.0. The van der Waals surface area contributed by atoms with Crippen molar-refractivity contribution in [1.82, 2.24) is 10.2 Å². The van der Waals surface area contributed by atoms with Gasteiger partial charge in [0.05, 0.1) is 7.11 Å². The van der Waals surface area contributed by atoms with Crippen LogP contribution in [0.3, 0.4) is 0 Å². The topological polar surface area (TPSA) is 78.9 Å². The van der Waals surface area contributed by atoms with Gasteiger partial charge in [-0.3, -0.25) is 9.69 Å². The molecule has 5 rings (SSSR count). The van der Waals surface area contributed by atoms with Gasteiger partial charge < -0.3 is 15.2 Å². The van der Waals surface area contributed by atoms with Crippen molar-refractivity contribution in [2.75, 3.05) is 7.11 Å². The molecule has 4 unspecified atom stereocenters. The number of hydrogen-bond acceptors (Lipinski definition) is 5. The summed E-state index contributed by atoms with van der Waals surface area (Å²) in [6.07, 6.45) is 2.77. The summed E-state index contributed by atoms with van der Waals surface area (Å²) in [5.74, 6) is -0.714. The van der Waals surface area contributed by atoms with E-state index in [-0.39, 0.29) is 16.9 Å². The summed E-state index contributed by atoms with van der Waals surface area (Å²) in [6, 6.07) is 6.68. The van der Waals surface area contributed by atoms with Gasteiger partial charge in [-0.2, -0.15) is 0 Å². The SMILES string of the molecule is COC(=O)[C@@H](N1C(=O)c2ccccc2C1O)C12CC3CCC1(C2)N3. The summed E-state index contributed by atoms with van der Waals surface area (Å²) in [7, 11) is 1.35. The third-order valence-corrected chi connectivity index (χ3v) is 6.65. The minimum Gasteiger partial charge on any atom is -0.467 e. The van der Waals surface area contributed by atoms with Crippen LogP contribution in [0, 0.1) is 5.41 Å². The summed E-state index contributed by atoms with van der Waals surface area (Å²) < 4.78 is 5.06. The van der Waals surface area contributed by atoms with Gasteiger partial charge in [0.1, 0.15) is 6.04 Å².